The van der Waals surface area contributed by atoms with E-state index in [-0.39, 0.29) is 11.1 Å². The van der Waals surface area contributed by atoms with Crippen molar-refractivity contribution in [2.45, 2.75) is 51.6 Å². The van der Waals surface area contributed by atoms with E-state index in [1.807, 2.05) is 12.3 Å². The van der Waals surface area contributed by atoms with Gasteiger partial charge in [-0.25, -0.2) is 9.97 Å². The van der Waals surface area contributed by atoms with Crippen LogP contribution in [-0.4, -0.2) is 70.5 Å². The zero-order valence-corrected chi connectivity index (χ0v) is 19.6. The molecular weight excluding hydrogens is 386 g/mol. The van der Waals surface area contributed by atoms with Gasteiger partial charge in [0.2, 0.25) is 5.95 Å². The van der Waals surface area contributed by atoms with Crippen LogP contribution in [0.5, 0.6) is 0 Å². The van der Waals surface area contributed by atoms with Gasteiger partial charge in [0, 0.05) is 19.3 Å². The van der Waals surface area contributed by atoms with Gasteiger partial charge in [0.1, 0.15) is 0 Å². The Morgan fingerprint density at radius 2 is 2.07 bits per heavy atom. The minimum atomic E-state index is -1.81. The number of rotatable bonds is 11. The molecule has 2 rings (SSSR count). The first-order valence-corrected chi connectivity index (χ1v) is 13.2. The van der Waals surface area contributed by atoms with Gasteiger partial charge in [0.15, 0.2) is 8.32 Å². The standard InChI is InChI=1S/C21H37N3O4Si/c1-7-11-25-13-14-26-17-19-15-24(10-12-27-19)20-22-9-8-18(23-20)16-28-29(5,6)21(2,3)4/h7-9,19H,1,10-17H2,2-6H3/t19-/m0/s1. The summed E-state index contributed by atoms with van der Waals surface area (Å²) >= 11 is 0. The van der Waals surface area contributed by atoms with Crippen molar-refractivity contribution in [3.8, 4) is 0 Å². The van der Waals surface area contributed by atoms with Crippen molar-refractivity contribution in [3.05, 3.63) is 30.6 Å². The van der Waals surface area contributed by atoms with Crippen LogP contribution in [0.25, 0.3) is 0 Å². The summed E-state index contributed by atoms with van der Waals surface area (Å²) in [6.07, 6.45) is 3.54. The largest absolute Gasteiger partial charge is 0.411 e. The monoisotopic (exact) mass is 423 g/mol. The number of nitrogens with zero attached hydrogens (tertiary/aromatic N) is 3. The highest BCUT2D eigenvalue weighted by molar-refractivity contribution is 6.74. The smallest absolute Gasteiger partial charge is 0.225 e. The molecule has 1 atom stereocenters. The molecule has 7 nitrogen and oxygen atoms in total. The van der Waals surface area contributed by atoms with Gasteiger partial charge in [-0.05, 0) is 24.2 Å². The third-order valence-corrected chi connectivity index (χ3v) is 9.90. The van der Waals surface area contributed by atoms with Crippen LogP contribution in [0.2, 0.25) is 18.1 Å². The molecular formula is C21H37N3O4Si. The maximum atomic E-state index is 6.30. The first kappa shape index (κ1) is 24.0. The minimum absolute atomic E-state index is 0.00103. The molecule has 1 aliphatic rings. The summed E-state index contributed by atoms with van der Waals surface area (Å²) in [5.41, 5.74) is 0.915. The summed E-state index contributed by atoms with van der Waals surface area (Å²) in [6, 6.07) is 1.93. The summed E-state index contributed by atoms with van der Waals surface area (Å²) in [4.78, 5) is 11.4. The van der Waals surface area contributed by atoms with E-state index in [2.05, 4.69) is 50.3 Å². The van der Waals surface area contributed by atoms with Gasteiger partial charge in [-0.2, -0.15) is 0 Å². The van der Waals surface area contributed by atoms with Crippen LogP contribution in [-0.2, 0) is 25.2 Å². The highest BCUT2D eigenvalue weighted by atomic mass is 28.4. The normalized spacial score (nSPS) is 18.1. The van der Waals surface area contributed by atoms with Crippen molar-refractivity contribution in [1.29, 1.82) is 0 Å². The molecule has 1 aromatic rings. The van der Waals surface area contributed by atoms with Gasteiger partial charge in [-0.3, -0.25) is 0 Å². The second-order valence-corrected chi connectivity index (χ2v) is 13.6. The molecule has 0 spiro atoms. The van der Waals surface area contributed by atoms with Gasteiger partial charge >= 0.3 is 0 Å². The van der Waals surface area contributed by atoms with Crippen molar-refractivity contribution in [2.24, 2.45) is 0 Å². The molecule has 0 unspecified atom stereocenters. The van der Waals surface area contributed by atoms with Crippen molar-refractivity contribution < 1.29 is 18.6 Å². The molecule has 29 heavy (non-hydrogen) atoms. The molecule has 1 aromatic heterocycles. The number of anilines is 1. The lowest BCUT2D eigenvalue weighted by Gasteiger charge is -2.36. The maximum Gasteiger partial charge on any atom is 0.225 e. The molecule has 0 saturated carbocycles. The van der Waals surface area contributed by atoms with E-state index < -0.39 is 8.32 Å². The SMILES string of the molecule is C=CCOCCOC[C@@H]1CN(c2nccc(CO[Si](C)(C)C(C)(C)C)n2)CCO1. The van der Waals surface area contributed by atoms with E-state index in [1.165, 1.54) is 0 Å². The zero-order valence-electron chi connectivity index (χ0n) is 18.6. The van der Waals surface area contributed by atoms with Crippen LogP contribution in [0, 0.1) is 0 Å². The van der Waals surface area contributed by atoms with Gasteiger partial charge in [0.05, 0.1) is 51.4 Å². The second kappa shape index (κ2) is 11.2. The third-order valence-electron chi connectivity index (χ3n) is 5.42. The molecule has 1 aliphatic heterocycles. The first-order chi connectivity index (χ1) is 13.7. The van der Waals surface area contributed by atoms with E-state index >= 15 is 0 Å². The number of morpholine rings is 1. The van der Waals surface area contributed by atoms with Gasteiger partial charge in [-0.15, -0.1) is 6.58 Å². The fourth-order valence-electron chi connectivity index (χ4n) is 2.59. The molecule has 0 radical (unpaired) electrons. The van der Waals surface area contributed by atoms with Crippen LogP contribution in [0.15, 0.2) is 24.9 Å². The fraction of sp³-hybridized carbons (Fsp3) is 0.714. The van der Waals surface area contributed by atoms with Crippen molar-refractivity contribution >= 4 is 14.3 Å². The van der Waals surface area contributed by atoms with Crippen LogP contribution < -0.4 is 4.90 Å². The average Bonchev–Trinajstić information content (AvgIpc) is 2.69. The third kappa shape index (κ3) is 7.79. The van der Waals surface area contributed by atoms with E-state index in [0.717, 1.165) is 18.2 Å². The van der Waals surface area contributed by atoms with Crippen LogP contribution in [0.1, 0.15) is 26.5 Å². The second-order valence-electron chi connectivity index (χ2n) is 8.77. The Morgan fingerprint density at radius 1 is 1.31 bits per heavy atom. The van der Waals surface area contributed by atoms with Crippen LogP contribution >= 0.6 is 0 Å². The van der Waals surface area contributed by atoms with Crippen molar-refractivity contribution in [1.82, 2.24) is 9.97 Å². The van der Waals surface area contributed by atoms with Gasteiger partial charge in [-0.1, -0.05) is 26.8 Å². The van der Waals surface area contributed by atoms with Crippen molar-refractivity contribution in [3.63, 3.8) is 0 Å². The van der Waals surface area contributed by atoms with Crippen LogP contribution in [0.3, 0.4) is 0 Å². The topological polar surface area (TPSA) is 65.9 Å². The highest BCUT2D eigenvalue weighted by Gasteiger charge is 2.37. The summed E-state index contributed by atoms with van der Waals surface area (Å²) in [6.45, 7) is 19.7. The predicted molar refractivity (Wildman–Crippen MR) is 118 cm³/mol. The molecule has 2 heterocycles. The molecule has 1 saturated heterocycles. The number of aromatic nitrogens is 2. The predicted octanol–water partition coefficient (Wildman–Crippen LogP) is 3.42. The Hall–Kier alpha value is -1.32. The lowest BCUT2D eigenvalue weighted by atomic mass is 10.2. The van der Waals surface area contributed by atoms with E-state index in [4.69, 9.17) is 23.6 Å². The molecule has 0 amide bonds. The van der Waals surface area contributed by atoms with E-state index in [0.29, 0.717) is 46.2 Å². The summed E-state index contributed by atoms with van der Waals surface area (Å²) in [5, 5.41) is 0.178. The number of hydrogen-bond acceptors (Lipinski definition) is 7. The summed E-state index contributed by atoms with van der Waals surface area (Å²) in [5.74, 6) is 0.726. The molecule has 0 bridgehead atoms. The lowest BCUT2D eigenvalue weighted by Crippen LogP contribution is -2.45. The molecule has 0 N–H and O–H groups in total. The van der Waals surface area contributed by atoms with Crippen molar-refractivity contribution in [2.75, 3.05) is 51.0 Å². The Bertz CT molecular complexity index is 637. The van der Waals surface area contributed by atoms with E-state index in [9.17, 15) is 0 Å². The number of hydrogen-bond donors (Lipinski definition) is 0. The Labute approximate surface area is 176 Å². The quantitative estimate of drug-likeness (QED) is 0.307. The molecule has 1 fully saturated rings. The molecule has 0 aliphatic carbocycles. The molecule has 0 aromatic carbocycles. The summed E-state index contributed by atoms with van der Waals surface area (Å²) in [7, 11) is -1.81. The minimum Gasteiger partial charge on any atom is -0.411 e. The average molecular weight is 424 g/mol. The Balaban J connectivity index is 1.85. The lowest BCUT2D eigenvalue weighted by molar-refractivity contribution is -0.0351. The zero-order chi connectivity index (χ0) is 21.3. The fourth-order valence-corrected chi connectivity index (χ4v) is 3.53. The Kier molecular flexibility index (Phi) is 9.23. The van der Waals surface area contributed by atoms with Gasteiger partial charge in [0.25, 0.3) is 0 Å². The highest BCUT2D eigenvalue weighted by Crippen LogP contribution is 2.37. The number of ether oxygens (including phenoxy) is 3. The maximum absolute atomic E-state index is 6.30. The molecule has 164 valence electrons. The Morgan fingerprint density at radius 3 is 2.79 bits per heavy atom. The summed E-state index contributed by atoms with van der Waals surface area (Å²) < 4.78 is 23.1. The molecule has 8 heteroatoms. The van der Waals surface area contributed by atoms with Gasteiger partial charge < -0.3 is 23.5 Å². The van der Waals surface area contributed by atoms with Crippen LogP contribution in [0.4, 0.5) is 5.95 Å². The first-order valence-electron chi connectivity index (χ1n) is 10.3. The van der Waals surface area contributed by atoms with E-state index in [1.54, 1.807) is 6.08 Å².